The average molecular weight is 266 g/mol. The van der Waals surface area contributed by atoms with E-state index in [1.165, 1.54) is 22.2 Å². The molecule has 0 amide bonds. The zero-order chi connectivity index (χ0) is 11.0. The summed E-state index contributed by atoms with van der Waals surface area (Å²) in [6.07, 6.45) is 2.18. The number of hydrogen-bond acceptors (Lipinski definition) is 0. The van der Waals surface area contributed by atoms with Gasteiger partial charge in [0.2, 0.25) is 0 Å². The second-order valence-electron chi connectivity index (χ2n) is 3.85. The molecule has 0 unspecified atom stereocenters. The summed E-state index contributed by atoms with van der Waals surface area (Å²) in [7, 11) is 2.17. The smallest absolute Gasteiger partial charge is 0.0250 e. The average Bonchev–Trinajstić information content (AvgIpc) is 2.48. The van der Waals surface area contributed by atoms with Gasteiger partial charge in [-0.3, -0.25) is 0 Å². The molecule has 0 aliphatic heterocycles. The van der Waals surface area contributed by atoms with E-state index in [-0.39, 0.29) is 0 Å². The first-order valence-corrected chi connectivity index (χ1v) is 6.24. The molecule has 0 radical (unpaired) electrons. The van der Waals surface area contributed by atoms with Crippen LogP contribution in [0, 0.1) is 0 Å². The molecule has 15 heavy (non-hydrogen) atoms. The van der Waals surface area contributed by atoms with E-state index in [9.17, 15) is 0 Å². The van der Waals surface area contributed by atoms with Gasteiger partial charge in [-0.2, -0.15) is 0 Å². The maximum atomic E-state index is 3.54. The van der Waals surface area contributed by atoms with Crippen LogP contribution in [0.5, 0.6) is 0 Å². The highest BCUT2D eigenvalue weighted by Gasteiger charge is 2.11. The Bertz CT molecular complexity index is 497. The van der Waals surface area contributed by atoms with Crippen LogP contribution < -0.4 is 0 Å². The van der Waals surface area contributed by atoms with Crippen molar-refractivity contribution in [2.24, 2.45) is 7.05 Å². The van der Waals surface area contributed by atoms with Crippen molar-refractivity contribution in [3.8, 4) is 0 Å². The molecule has 0 saturated heterocycles. The van der Waals surface area contributed by atoms with Gasteiger partial charge in [0, 0.05) is 33.7 Å². The molecule has 0 spiro atoms. The van der Waals surface area contributed by atoms with Gasteiger partial charge in [0.15, 0.2) is 0 Å². The molecule has 1 heterocycles. The minimum atomic E-state index is 1.09. The van der Waals surface area contributed by atoms with Crippen LogP contribution in [0.25, 0.3) is 10.8 Å². The van der Waals surface area contributed by atoms with Crippen LogP contribution in [0.1, 0.15) is 25.2 Å². The Morgan fingerprint density at radius 2 is 1.67 bits per heavy atom. The van der Waals surface area contributed by atoms with E-state index in [1.807, 2.05) is 0 Å². The molecule has 1 nitrogen and oxygen atoms in total. The number of aryl methyl sites for hydroxylation is 2. The monoisotopic (exact) mass is 265 g/mol. The SMILES string of the molecule is CCc1c2ccc(Br)cc2c(CC)n1C. The number of halogens is 1. The van der Waals surface area contributed by atoms with Crippen LogP contribution in [0.4, 0.5) is 0 Å². The molecule has 2 rings (SSSR count). The van der Waals surface area contributed by atoms with Crippen molar-refractivity contribution in [2.45, 2.75) is 26.7 Å². The molecule has 1 aromatic carbocycles. The second kappa shape index (κ2) is 4.01. The number of hydrogen-bond donors (Lipinski definition) is 0. The van der Waals surface area contributed by atoms with Crippen molar-refractivity contribution in [1.29, 1.82) is 0 Å². The third-order valence-corrected chi connectivity index (χ3v) is 3.58. The summed E-state index contributed by atoms with van der Waals surface area (Å²) in [6.45, 7) is 4.44. The van der Waals surface area contributed by atoms with Crippen LogP contribution >= 0.6 is 15.9 Å². The molecule has 0 aliphatic rings. The largest absolute Gasteiger partial charge is 0.350 e. The third kappa shape index (κ3) is 1.61. The molecular formula is C13H16BrN. The van der Waals surface area contributed by atoms with Crippen LogP contribution in [-0.4, -0.2) is 4.57 Å². The molecule has 1 aromatic heterocycles. The lowest BCUT2D eigenvalue weighted by Gasteiger charge is -2.03. The summed E-state index contributed by atoms with van der Waals surface area (Å²) in [5, 5.41) is 2.80. The number of rotatable bonds is 2. The topological polar surface area (TPSA) is 4.93 Å². The molecule has 80 valence electrons. The van der Waals surface area contributed by atoms with Crippen molar-refractivity contribution in [2.75, 3.05) is 0 Å². The van der Waals surface area contributed by atoms with Crippen LogP contribution in [0.2, 0.25) is 0 Å². The van der Waals surface area contributed by atoms with E-state index in [0.29, 0.717) is 0 Å². The molecule has 0 saturated carbocycles. The van der Waals surface area contributed by atoms with E-state index in [2.05, 4.69) is 59.6 Å². The number of fused-ring (bicyclic) bond motifs is 1. The molecule has 0 N–H and O–H groups in total. The molecular weight excluding hydrogens is 250 g/mol. The summed E-state index contributed by atoms with van der Waals surface area (Å²) in [5.74, 6) is 0. The second-order valence-corrected chi connectivity index (χ2v) is 4.77. The lowest BCUT2D eigenvalue weighted by atomic mass is 10.1. The zero-order valence-electron chi connectivity index (χ0n) is 9.47. The van der Waals surface area contributed by atoms with Crippen molar-refractivity contribution in [3.63, 3.8) is 0 Å². The van der Waals surface area contributed by atoms with Crippen LogP contribution in [0.3, 0.4) is 0 Å². The van der Waals surface area contributed by atoms with Crippen molar-refractivity contribution in [3.05, 3.63) is 34.1 Å². The Balaban J connectivity index is 2.85. The van der Waals surface area contributed by atoms with Gasteiger partial charge in [-0.1, -0.05) is 35.8 Å². The molecule has 2 aromatic rings. The van der Waals surface area contributed by atoms with Gasteiger partial charge < -0.3 is 4.57 Å². The first-order valence-electron chi connectivity index (χ1n) is 5.44. The third-order valence-electron chi connectivity index (χ3n) is 3.08. The fraction of sp³-hybridized carbons (Fsp3) is 0.385. The van der Waals surface area contributed by atoms with Gasteiger partial charge in [0.25, 0.3) is 0 Å². The highest BCUT2D eigenvalue weighted by atomic mass is 79.9. The van der Waals surface area contributed by atoms with E-state index >= 15 is 0 Å². The van der Waals surface area contributed by atoms with Gasteiger partial charge in [-0.05, 0) is 25.0 Å². The van der Waals surface area contributed by atoms with Gasteiger partial charge in [-0.25, -0.2) is 0 Å². The summed E-state index contributed by atoms with van der Waals surface area (Å²) in [5.41, 5.74) is 2.87. The Labute approximate surface area is 99.2 Å². The van der Waals surface area contributed by atoms with Gasteiger partial charge in [0.05, 0.1) is 0 Å². The standard InChI is InChI=1S/C13H16BrN/c1-4-12-10-7-6-9(14)8-11(10)13(5-2)15(12)3/h6-8H,4-5H2,1-3H3. The molecule has 0 bridgehead atoms. The summed E-state index contributed by atoms with van der Waals surface area (Å²) in [4.78, 5) is 0. The Kier molecular flexibility index (Phi) is 2.87. The fourth-order valence-corrected chi connectivity index (χ4v) is 2.75. The number of benzene rings is 1. The maximum absolute atomic E-state index is 3.54. The highest BCUT2D eigenvalue weighted by molar-refractivity contribution is 9.10. The van der Waals surface area contributed by atoms with Crippen molar-refractivity contribution >= 4 is 26.7 Å². The molecule has 0 aliphatic carbocycles. The lowest BCUT2D eigenvalue weighted by Crippen LogP contribution is -1.98. The predicted molar refractivity (Wildman–Crippen MR) is 69.4 cm³/mol. The van der Waals surface area contributed by atoms with Crippen molar-refractivity contribution in [1.82, 2.24) is 4.57 Å². The maximum Gasteiger partial charge on any atom is 0.0250 e. The highest BCUT2D eigenvalue weighted by Crippen LogP contribution is 2.29. The quantitative estimate of drug-likeness (QED) is 0.772. The fourth-order valence-electron chi connectivity index (χ4n) is 2.39. The Morgan fingerprint density at radius 1 is 1.07 bits per heavy atom. The Hall–Kier alpha value is -0.760. The number of nitrogens with zero attached hydrogens (tertiary/aromatic N) is 1. The normalized spacial score (nSPS) is 11.2. The van der Waals surface area contributed by atoms with Gasteiger partial charge in [0.1, 0.15) is 0 Å². The van der Waals surface area contributed by atoms with Gasteiger partial charge >= 0.3 is 0 Å². The molecule has 0 atom stereocenters. The van der Waals surface area contributed by atoms with E-state index in [1.54, 1.807) is 0 Å². The minimum absolute atomic E-state index is 1.09. The van der Waals surface area contributed by atoms with Crippen LogP contribution in [-0.2, 0) is 19.9 Å². The summed E-state index contributed by atoms with van der Waals surface area (Å²) < 4.78 is 3.51. The summed E-state index contributed by atoms with van der Waals surface area (Å²) >= 11 is 3.54. The first kappa shape index (κ1) is 10.7. The zero-order valence-corrected chi connectivity index (χ0v) is 11.1. The minimum Gasteiger partial charge on any atom is -0.350 e. The first-order chi connectivity index (χ1) is 7.19. The molecule has 2 heteroatoms. The molecule has 0 fully saturated rings. The Morgan fingerprint density at radius 3 is 2.27 bits per heavy atom. The summed E-state index contributed by atoms with van der Waals surface area (Å²) in [6, 6.07) is 6.58. The van der Waals surface area contributed by atoms with E-state index in [4.69, 9.17) is 0 Å². The van der Waals surface area contributed by atoms with E-state index in [0.717, 1.165) is 17.3 Å². The van der Waals surface area contributed by atoms with Crippen LogP contribution in [0.15, 0.2) is 22.7 Å². The van der Waals surface area contributed by atoms with E-state index < -0.39 is 0 Å². The number of aromatic nitrogens is 1. The van der Waals surface area contributed by atoms with Gasteiger partial charge in [-0.15, -0.1) is 0 Å². The van der Waals surface area contributed by atoms with Crippen molar-refractivity contribution < 1.29 is 0 Å². The lowest BCUT2D eigenvalue weighted by molar-refractivity contribution is 0.787. The predicted octanol–water partition coefficient (Wildman–Crippen LogP) is 4.07.